The molecule has 0 unspecified atom stereocenters. The van der Waals surface area contributed by atoms with Gasteiger partial charge in [-0.25, -0.2) is 4.79 Å². The molecule has 1 heterocycles. The Bertz CT molecular complexity index is 651. The molecular formula is C12H9BrN2O4. The average molecular weight is 325 g/mol. The lowest BCUT2D eigenvalue weighted by Crippen LogP contribution is -2.12. The van der Waals surface area contributed by atoms with Gasteiger partial charge in [-0.3, -0.25) is 4.79 Å². The summed E-state index contributed by atoms with van der Waals surface area (Å²) in [4.78, 5) is 22.5. The number of aryl methyl sites for hydroxylation is 1. The van der Waals surface area contributed by atoms with Gasteiger partial charge in [0.1, 0.15) is 0 Å². The number of nitrogens with one attached hydrogen (secondary N) is 1. The summed E-state index contributed by atoms with van der Waals surface area (Å²) in [5.74, 6) is -2.20. The predicted octanol–water partition coefficient (Wildman–Crippen LogP) is 2.70. The number of carboxylic acids is 1. The molecule has 2 aromatic rings. The highest BCUT2D eigenvalue weighted by Crippen LogP contribution is 2.23. The van der Waals surface area contributed by atoms with E-state index in [4.69, 9.17) is 5.11 Å². The first-order valence-electron chi connectivity index (χ1n) is 5.25. The third-order valence-electron chi connectivity index (χ3n) is 2.32. The van der Waals surface area contributed by atoms with Gasteiger partial charge in [-0.05, 0) is 40.5 Å². The van der Waals surface area contributed by atoms with E-state index in [0.29, 0.717) is 10.2 Å². The van der Waals surface area contributed by atoms with Crippen LogP contribution in [0.5, 0.6) is 0 Å². The molecule has 0 spiro atoms. The molecule has 0 aliphatic rings. The molecule has 1 amide bonds. The van der Waals surface area contributed by atoms with Gasteiger partial charge in [-0.15, -0.1) is 0 Å². The summed E-state index contributed by atoms with van der Waals surface area (Å²) in [6.45, 7) is 1.89. The number of benzene rings is 1. The van der Waals surface area contributed by atoms with Crippen LogP contribution < -0.4 is 5.32 Å². The Morgan fingerprint density at radius 1 is 1.37 bits per heavy atom. The van der Waals surface area contributed by atoms with E-state index in [1.807, 2.05) is 13.0 Å². The van der Waals surface area contributed by atoms with E-state index in [1.54, 1.807) is 12.1 Å². The lowest BCUT2D eigenvalue weighted by molar-refractivity contribution is 0.0651. The van der Waals surface area contributed by atoms with Gasteiger partial charge < -0.3 is 14.9 Å². The summed E-state index contributed by atoms with van der Waals surface area (Å²) < 4.78 is 5.23. The van der Waals surface area contributed by atoms with Crippen LogP contribution in [0.2, 0.25) is 0 Å². The van der Waals surface area contributed by atoms with Gasteiger partial charge in [-0.2, -0.15) is 0 Å². The number of aromatic nitrogens is 1. The largest absolute Gasteiger partial charge is 0.475 e. The summed E-state index contributed by atoms with van der Waals surface area (Å²) >= 11 is 3.31. The number of hydrogen-bond acceptors (Lipinski definition) is 4. The van der Waals surface area contributed by atoms with E-state index >= 15 is 0 Å². The number of nitrogens with zero attached hydrogens (tertiary/aromatic N) is 1. The quantitative estimate of drug-likeness (QED) is 0.905. The summed E-state index contributed by atoms with van der Waals surface area (Å²) in [5.41, 5.74) is 1.46. The Kier molecular flexibility index (Phi) is 3.66. The Morgan fingerprint density at radius 2 is 2.11 bits per heavy atom. The molecule has 0 bridgehead atoms. The molecule has 0 atom stereocenters. The number of amides is 1. The first-order chi connectivity index (χ1) is 8.97. The van der Waals surface area contributed by atoms with Crippen molar-refractivity contribution in [1.29, 1.82) is 0 Å². The molecule has 98 valence electrons. The molecule has 1 aromatic carbocycles. The van der Waals surface area contributed by atoms with Crippen LogP contribution in [0.3, 0.4) is 0 Å². The molecule has 2 rings (SSSR count). The van der Waals surface area contributed by atoms with Gasteiger partial charge in [-0.1, -0.05) is 11.2 Å². The third-order valence-corrected chi connectivity index (χ3v) is 3.02. The molecule has 7 heteroatoms. The minimum absolute atomic E-state index is 0.0918. The standard InChI is InChI=1S/C12H9BrN2O4/c1-6-2-3-7(13)8(4-6)14-11(16)9-5-10(12(17)18)19-15-9/h2-5H,1H3,(H,14,16)(H,17,18). The molecule has 19 heavy (non-hydrogen) atoms. The van der Waals surface area contributed by atoms with Gasteiger partial charge in [0.25, 0.3) is 5.91 Å². The number of aromatic carboxylic acids is 1. The molecule has 0 aliphatic carbocycles. The fraction of sp³-hybridized carbons (Fsp3) is 0.0833. The second kappa shape index (κ2) is 5.23. The molecule has 0 saturated carbocycles. The molecule has 6 nitrogen and oxygen atoms in total. The lowest BCUT2D eigenvalue weighted by atomic mass is 10.2. The zero-order valence-electron chi connectivity index (χ0n) is 9.81. The van der Waals surface area contributed by atoms with Crippen LogP contribution in [0, 0.1) is 6.92 Å². The predicted molar refractivity (Wildman–Crippen MR) is 70.3 cm³/mol. The maximum Gasteiger partial charge on any atom is 0.374 e. The summed E-state index contributed by atoms with van der Waals surface area (Å²) in [7, 11) is 0. The van der Waals surface area contributed by atoms with E-state index in [1.165, 1.54) is 0 Å². The van der Waals surface area contributed by atoms with Crippen molar-refractivity contribution < 1.29 is 19.2 Å². The highest BCUT2D eigenvalue weighted by molar-refractivity contribution is 9.10. The van der Waals surface area contributed by atoms with Gasteiger partial charge >= 0.3 is 5.97 Å². The number of rotatable bonds is 3. The van der Waals surface area contributed by atoms with Crippen LogP contribution >= 0.6 is 15.9 Å². The van der Waals surface area contributed by atoms with Crippen molar-refractivity contribution in [3.63, 3.8) is 0 Å². The first-order valence-corrected chi connectivity index (χ1v) is 6.04. The second-order valence-electron chi connectivity index (χ2n) is 3.82. The van der Waals surface area contributed by atoms with Crippen LogP contribution in [0.25, 0.3) is 0 Å². The number of anilines is 1. The zero-order valence-corrected chi connectivity index (χ0v) is 11.4. The van der Waals surface area contributed by atoms with Crippen molar-refractivity contribution in [2.45, 2.75) is 6.92 Å². The maximum absolute atomic E-state index is 11.9. The summed E-state index contributed by atoms with van der Waals surface area (Å²) in [5, 5.41) is 14.7. The minimum atomic E-state index is -1.27. The maximum atomic E-state index is 11.9. The Hall–Kier alpha value is -2.15. The smallest absolute Gasteiger partial charge is 0.374 e. The number of halogens is 1. The molecule has 0 aliphatic heterocycles. The molecular weight excluding hydrogens is 316 g/mol. The number of carboxylic acid groups (broad SMARTS) is 1. The molecule has 0 saturated heterocycles. The summed E-state index contributed by atoms with van der Waals surface area (Å²) in [6.07, 6.45) is 0. The first kappa shape index (κ1) is 13.3. The van der Waals surface area contributed by atoms with Crippen molar-refractivity contribution in [2.24, 2.45) is 0 Å². The second-order valence-corrected chi connectivity index (χ2v) is 4.67. The van der Waals surface area contributed by atoms with Crippen LogP contribution in [0.1, 0.15) is 26.6 Å². The van der Waals surface area contributed by atoms with Gasteiger partial charge in [0.15, 0.2) is 5.69 Å². The van der Waals surface area contributed by atoms with E-state index in [2.05, 4.69) is 30.9 Å². The van der Waals surface area contributed by atoms with Crippen molar-refractivity contribution in [3.8, 4) is 0 Å². The molecule has 0 fully saturated rings. The molecule has 0 radical (unpaired) electrons. The highest BCUT2D eigenvalue weighted by atomic mass is 79.9. The summed E-state index contributed by atoms with van der Waals surface area (Å²) in [6, 6.07) is 6.54. The van der Waals surface area contributed by atoms with E-state index in [9.17, 15) is 9.59 Å². The van der Waals surface area contributed by atoms with Gasteiger partial charge in [0.05, 0.1) is 5.69 Å². The van der Waals surface area contributed by atoms with Crippen molar-refractivity contribution in [1.82, 2.24) is 5.16 Å². The van der Waals surface area contributed by atoms with Crippen LogP contribution in [0.4, 0.5) is 5.69 Å². The topological polar surface area (TPSA) is 92.4 Å². The normalized spacial score (nSPS) is 10.2. The minimum Gasteiger partial charge on any atom is -0.475 e. The average Bonchev–Trinajstić information content (AvgIpc) is 2.83. The zero-order chi connectivity index (χ0) is 14.0. The fourth-order valence-corrected chi connectivity index (χ4v) is 1.75. The fourth-order valence-electron chi connectivity index (χ4n) is 1.40. The van der Waals surface area contributed by atoms with E-state index in [0.717, 1.165) is 11.6 Å². The van der Waals surface area contributed by atoms with Crippen LogP contribution in [0.15, 0.2) is 33.3 Å². The number of hydrogen-bond donors (Lipinski definition) is 2. The van der Waals surface area contributed by atoms with Crippen LogP contribution in [-0.2, 0) is 0 Å². The Morgan fingerprint density at radius 3 is 2.74 bits per heavy atom. The van der Waals surface area contributed by atoms with Crippen molar-refractivity contribution in [2.75, 3.05) is 5.32 Å². The van der Waals surface area contributed by atoms with Crippen LogP contribution in [-0.4, -0.2) is 22.1 Å². The van der Waals surface area contributed by atoms with Crippen molar-refractivity contribution in [3.05, 3.63) is 45.8 Å². The van der Waals surface area contributed by atoms with Gasteiger partial charge in [0, 0.05) is 10.5 Å². The molecule has 1 aromatic heterocycles. The van der Waals surface area contributed by atoms with E-state index < -0.39 is 11.9 Å². The lowest BCUT2D eigenvalue weighted by Gasteiger charge is -2.06. The monoisotopic (exact) mass is 324 g/mol. The SMILES string of the molecule is Cc1ccc(Br)c(NC(=O)c2cc(C(=O)O)on2)c1. The highest BCUT2D eigenvalue weighted by Gasteiger charge is 2.17. The Labute approximate surface area is 116 Å². The Balaban J connectivity index is 2.20. The number of carbonyl (C=O) groups excluding carboxylic acids is 1. The third kappa shape index (κ3) is 3.00. The molecule has 2 N–H and O–H groups in total. The van der Waals surface area contributed by atoms with Gasteiger partial charge in [0.2, 0.25) is 5.76 Å². The number of carbonyl (C=O) groups is 2. The van der Waals surface area contributed by atoms with Crippen molar-refractivity contribution >= 4 is 33.5 Å². The van der Waals surface area contributed by atoms with E-state index in [-0.39, 0.29) is 11.5 Å².